The van der Waals surface area contributed by atoms with Crippen LogP contribution in [0.4, 0.5) is 0 Å². The third-order valence-corrected chi connectivity index (χ3v) is 14.4. The zero-order valence-corrected chi connectivity index (χ0v) is 44.7. The second-order valence-electron chi connectivity index (χ2n) is 20.8. The van der Waals surface area contributed by atoms with Crippen molar-refractivity contribution in [2.24, 2.45) is 0 Å². The summed E-state index contributed by atoms with van der Waals surface area (Å²) in [5, 5.41) is 86.9. The molecular weight excluding hydrogens is 907 g/mol. The molecule has 9 N–H and O–H groups in total. The van der Waals surface area contributed by atoms with Gasteiger partial charge in [0.1, 0.15) is 48.8 Å². The van der Waals surface area contributed by atoms with Crippen LogP contribution in [0.15, 0.2) is 24.3 Å². The summed E-state index contributed by atoms with van der Waals surface area (Å²) >= 11 is 0. The quantitative estimate of drug-likeness (QED) is 0.0205. The van der Waals surface area contributed by atoms with E-state index in [1.54, 1.807) is 6.08 Å². The van der Waals surface area contributed by atoms with Crippen LogP contribution in [-0.2, 0) is 23.7 Å². The maximum absolute atomic E-state index is 13.2. The molecule has 2 fully saturated rings. The second-order valence-corrected chi connectivity index (χ2v) is 20.8. The minimum absolute atomic E-state index is 0.245. The van der Waals surface area contributed by atoms with Gasteiger partial charge in [-0.1, -0.05) is 224 Å². The molecule has 12 atom stereocenters. The van der Waals surface area contributed by atoms with Crippen LogP contribution in [0.1, 0.15) is 239 Å². The fraction of sp³-hybridized carbons (Fsp3) is 0.912. The summed E-state index contributed by atoms with van der Waals surface area (Å²) in [5.41, 5.74) is 0. The molecule has 2 aliphatic heterocycles. The van der Waals surface area contributed by atoms with Gasteiger partial charge in [-0.25, -0.2) is 0 Å². The van der Waals surface area contributed by atoms with E-state index in [9.17, 15) is 45.6 Å². The lowest BCUT2D eigenvalue weighted by molar-refractivity contribution is -0.359. The van der Waals surface area contributed by atoms with Crippen molar-refractivity contribution < 1.29 is 64.6 Å². The predicted molar refractivity (Wildman–Crippen MR) is 282 cm³/mol. The Balaban J connectivity index is 1.77. The van der Waals surface area contributed by atoms with Crippen LogP contribution in [0.3, 0.4) is 0 Å². The standard InChI is InChI=1S/C57H107NO13/c1-3-5-7-9-11-13-15-17-19-20-21-22-23-24-25-27-29-31-33-35-37-39-41-49(62)58-45(46(61)40-38-36-34-32-30-28-26-18-16-14-12-10-8-6-4-2)44-68-56-54(67)52(65)55(48(43-60)70-56)71-57-53(66)51(64)50(63)47(42-59)69-57/h30,32,38,40,45-48,50-57,59-61,63-67H,3-29,31,33-37,39,41-44H2,1-2H3,(H,58,62)/b32-30+,40-38+. The third-order valence-electron chi connectivity index (χ3n) is 14.4. The van der Waals surface area contributed by atoms with E-state index in [-0.39, 0.29) is 18.9 Å². The first-order chi connectivity index (χ1) is 34.6. The topological polar surface area (TPSA) is 228 Å². The summed E-state index contributed by atoms with van der Waals surface area (Å²) in [6.07, 6.45) is 33.6. The SMILES string of the molecule is CCCCCCCCCCC/C=C/CC/C=C/C(O)C(COC1OC(CO)C(OC2OC(CO)C(O)C(O)C2O)C(O)C1O)NC(=O)CCCCCCCCCCCCCCCCCCCCCCCC. The van der Waals surface area contributed by atoms with Gasteiger partial charge in [0.05, 0.1) is 32.0 Å². The van der Waals surface area contributed by atoms with Gasteiger partial charge < -0.3 is 65.1 Å². The molecule has 418 valence electrons. The number of nitrogens with one attached hydrogen (secondary N) is 1. The molecule has 0 radical (unpaired) electrons. The predicted octanol–water partition coefficient (Wildman–Crippen LogP) is 9.28. The lowest BCUT2D eigenvalue weighted by Gasteiger charge is -2.46. The molecular formula is C57H107NO13. The molecule has 2 rings (SSSR count). The molecule has 0 saturated carbocycles. The molecule has 0 spiro atoms. The molecule has 2 saturated heterocycles. The normalized spacial score (nSPS) is 25.9. The number of amides is 1. The highest BCUT2D eigenvalue weighted by atomic mass is 16.7. The molecule has 71 heavy (non-hydrogen) atoms. The zero-order valence-electron chi connectivity index (χ0n) is 44.7. The molecule has 14 heteroatoms. The average molecular weight is 1010 g/mol. The first kappa shape index (κ1) is 65.6. The summed E-state index contributed by atoms with van der Waals surface area (Å²) in [6, 6.07) is -0.927. The fourth-order valence-corrected chi connectivity index (χ4v) is 9.66. The summed E-state index contributed by atoms with van der Waals surface area (Å²) in [4.78, 5) is 13.2. The van der Waals surface area contributed by atoms with Gasteiger partial charge in [0.25, 0.3) is 0 Å². The van der Waals surface area contributed by atoms with Gasteiger partial charge in [-0.05, 0) is 32.1 Å². The maximum Gasteiger partial charge on any atom is 0.220 e. The highest BCUT2D eigenvalue weighted by Crippen LogP contribution is 2.30. The Morgan fingerprint density at radius 3 is 1.38 bits per heavy atom. The minimum atomic E-state index is -1.79. The highest BCUT2D eigenvalue weighted by Gasteiger charge is 2.51. The summed E-state index contributed by atoms with van der Waals surface area (Å²) in [7, 11) is 0. The molecule has 0 aromatic heterocycles. The number of hydrogen-bond acceptors (Lipinski definition) is 13. The van der Waals surface area contributed by atoms with Gasteiger partial charge in [0, 0.05) is 6.42 Å². The lowest BCUT2D eigenvalue weighted by Crippen LogP contribution is -2.65. The zero-order chi connectivity index (χ0) is 51.7. The van der Waals surface area contributed by atoms with Gasteiger partial charge >= 0.3 is 0 Å². The molecule has 14 nitrogen and oxygen atoms in total. The Kier molecular flexibility index (Phi) is 40.4. The van der Waals surface area contributed by atoms with Gasteiger partial charge in [-0.2, -0.15) is 0 Å². The first-order valence-corrected chi connectivity index (χ1v) is 29.1. The molecule has 12 unspecified atom stereocenters. The van der Waals surface area contributed by atoms with Crippen molar-refractivity contribution in [3.05, 3.63) is 24.3 Å². The van der Waals surface area contributed by atoms with Gasteiger partial charge in [0.2, 0.25) is 5.91 Å². The lowest BCUT2D eigenvalue weighted by atomic mass is 9.97. The third kappa shape index (κ3) is 30.0. The number of ether oxygens (including phenoxy) is 4. The van der Waals surface area contributed by atoms with Gasteiger partial charge in [-0.15, -0.1) is 0 Å². The molecule has 2 heterocycles. The van der Waals surface area contributed by atoms with E-state index < -0.39 is 86.8 Å². The minimum Gasteiger partial charge on any atom is -0.394 e. The van der Waals surface area contributed by atoms with E-state index in [1.807, 2.05) is 6.08 Å². The first-order valence-electron chi connectivity index (χ1n) is 29.1. The van der Waals surface area contributed by atoms with Crippen molar-refractivity contribution >= 4 is 5.91 Å². The van der Waals surface area contributed by atoms with Gasteiger partial charge in [0.15, 0.2) is 12.6 Å². The molecule has 1 amide bonds. The van der Waals surface area contributed by atoms with Crippen LogP contribution in [0.5, 0.6) is 0 Å². The van der Waals surface area contributed by atoms with Crippen molar-refractivity contribution in [1.82, 2.24) is 5.32 Å². The molecule has 0 aliphatic carbocycles. The number of rotatable bonds is 46. The summed E-state index contributed by atoms with van der Waals surface area (Å²) < 4.78 is 22.7. The van der Waals surface area contributed by atoms with Crippen LogP contribution < -0.4 is 5.32 Å². The Morgan fingerprint density at radius 1 is 0.493 bits per heavy atom. The van der Waals surface area contributed by atoms with Crippen molar-refractivity contribution in [2.75, 3.05) is 19.8 Å². The van der Waals surface area contributed by atoms with Crippen molar-refractivity contribution in [1.29, 1.82) is 0 Å². The molecule has 2 aliphatic rings. The van der Waals surface area contributed by atoms with Crippen LogP contribution >= 0.6 is 0 Å². The maximum atomic E-state index is 13.2. The summed E-state index contributed by atoms with van der Waals surface area (Å²) in [6.45, 7) is 2.79. The van der Waals surface area contributed by atoms with Crippen molar-refractivity contribution in [3.63, 3.8) is 0 Å². The fourth-order valence-electron chi connectivity index (χ4n) is 9.66. The Hall–Kier alpha value is -1.53. The largest absolute Gasteiger partial charge is 0.394 e. The molecule has 0 aromatic carbocycles. The number of aliphatic hydroxyl groups is 8. The van der Waals surface area contributed by atoms with E-state index in [2.05, 4.69) is 31.3 Å². The Morgan fingerprint density at radius 2 is 0.901 bits per heavy atom. The summed E-state index contributed by atoms with van der Waals surface area (Å²) in [5.74, 6) is -0.245. The van der Waals surface area contributed by atoms with E-state index in [4.69, 9.17) is 18.9 Å². The molecule has 0 aromatic rings. The monoisotopic (exact) mass is 1010 g/mol. The molecule has 0 bridgehead atoms. The number of carbonyl (C=O) groups is 1. The highest BCUT2D eigenvalue weighted by molar-refractivity contribution is 5.76. The van der Waals surface area contributed by atoms with Crippen molar-refractivity contribution in [2.45, 2.75) is 312 Å². The Bertz CT molecular complexity index is 1290. The number of unbranched alkanes of at least 4 members (excludes halogenated alkanes) is 31. The van der Waals surface area contributed by atoms with E-state index in [1.165, 1.54) is 173 Å². The number of hydrogen-bond donors (Lipinski definition) is 9. The number of carbonyl (C=O) groups excluding carboxylic acids is 1. The van der Waals surface area contributed by atoms with Gasteiger partial charge in [-0.3, -0.25) is 4.79 Å². The van der Waals surface area contributed by atoms with Crippen molar-refractivity contribution in [3.8, 4) is 0 Å². The number of aliphatic hydroxyl groups excluding tert-OH is 8. The van der Waals surface area contributed by atoms with Crippen LogP contribution in [-0.4, -0.2) is 140 Å². The number of allylic oxidation sites excluding steroid dienone is 3. The van der Waals surface area contributed by atoms with Crippen LogP contribution in [0.25, 0.3) is 0 Å². The van der Waals surface area contributed by atoms with E-state index in [0.29, 0.717) is 12.8 Å². The second kappa shape index (κ2) is 43.7. The Labute approximate surface area is 430 Å². The smallest absolute Gasteiger partial charge is 0.220 e. The van der Waals surface area contributed by atoms with E-state index >= 15 is 0 Å². The average Bonchev–Trinajstić information content (AvgIpc) is 3.37. The van der Waals surface area contributed by atoms with Crippen LogP contribution in [0, 0.1) is 0 Å². The van der Waals surface area contributed by atoms with Crippen LogP contribution in [0.2, 0.25) is 0 Å². The van der Waals surface area contributed by atoms with E-state index in [0.717, 1.165) is 32.1 Å².